The highest BCUT2D eigenvalue weighted by atomic mass is 16.5. The van der Waals surface area contributed by atoms with Crippen molar-refractivity contribution in [2.24, 2.45) is 0 Å². The average Bonchev–Trinajstić information content (AvgIpc) is 2.23. The first-order valence-electron chi connectivity index (χ1n) is 6.32. The topological polar surface area (TPSA) is 70.6 Å². The molecule has 1 unspecified atom stereocenters. The summed E-state index contributed by atoms with van der Waals surface area (Å²) in [7, 11) is 0. The normalized spacial score (nSPS) is 12.8. The molecule has 1 atom stereocenters. The van der Waals surface area contributed by atoms with E-state index in [9.17, 15) is 9.90 Å². The smallest absolute Gasteiger partial charge is 0.234 e. The van der Waals surface area contributed by atoms with Crippen LogP contribution in [0.25, 0.3) is 0 Å². The Morgan fingerprint density at radius 3 is 2.71 bits per heavy atom. The molecule has 0 aromatic rings. The molecule has 0 saturated carbocycles. The largest absolute Gasteiger partial charge is 0.389 e. The first-order valence-corrected chi connectivity index (χ1v) is 6.32. The summed E-state index contributed by atoms with van der Waals surface area (Å²) < 4.78 is 5.27. The summed E-state index contributed by atoms with van der Waals surface area (Å²) in [5.41, 5.74) is 0. The van der Waals surface area contributed by atoms with Crippen LogP contribution in [-0.2, 0) is 9.53 Å². The minimum Gasteiger partial charge on any atom is -0.389 e. The van der Waals surface area contributed by atoms with Gasteiger partial charge in [-0.2, -0.15) is 0 Å². The van der Waals surface area contributed by atoms with Crippen LogP contribution in [0.2, 0.25) is 0 Å². The van der Waals surface area contributed by atoms with Gasteiger partial charge in [-0.1, -0.05) is 13.3 Å². The third-order valence-electron chi connectivity index (χ3n) is 2.07. The van der Waals surface area contributed by atoms with Crippen molar-refractivity contribution in [3.63, 3.8) is 0 Å². The van der Waals surface area contributed by atoms with Crippen molar-refractivity contribution in [2.75, 3.05) is 26.3 Å². The van der Waals surface area contributed by atoms with Crippen LogP contribution in [-0.4, -0.2) is 49.5 Å². The van der Waals surface area contributed by atoms with Crippen LogP contribution >= 0.6 is 0 Å². The summed E-state index contributed by atoms with van der Waals surface area (Å²) in [5, 5.41) is 15.2. The van der Waals surface area contributed by atoms with E-state index in [4.69, 9.17) is 4.74 Å². The maximum absolute atomic E-state index is 11.2. The molecule has 0 aliphatic rings. The first kappa shape index (κ1) is 16.4. The number of carbonyl (C=O) groups excluding carboxylic acids is 1. The highest BCUT2D eigenvalue weighted by molar-refractivity contribution is 5.78. The highest BCUT2D eigenvalue weighted by Gasteiger charge is 2.06. The third-order valence-corrected chi connectivity index (χ3v) is 2.07. The van der Waals surface area contributed by atoms with E-state index in [-0.39, 0.29) is 18.5 Å². The molecular formula is C12H26N2O3. The van der Waals surface area contributed by atoms with Crippen molar-refractivity contribution in [2.45, 2.75) is 45.8 Å². The molecule has 1 amide bonds. The number of ether oxygens (including phenoxy) is 1. The minimum atomic E-state index is -0.557. The number of carbonyl (C=O) groups is 1. The summed E-state index contributed by atoms with van der Waals surface area (Å²) >= 11 is 0. The molecule has 0 aliphatic carbocycles. The van der Waals surface area contributed by atoms with Crippen LogP contribution in [0, 0.1) is 0 Å². The molecule has 0 saturated heterocycles. The Kier molecular flexibility index (Phi) is 10.1. The van der Waals surface area contributed by atoms with Gasteiger partial charge >= 0.3 is 0 Å². The van der Waals surface area contributed by atoms with Gasteiger partial charge in [-0.05, 0) is 20.3 Å². The summed E-state index contributed by atoms with van der Waals surface area (Å²) in [6.07, 6.45) is 1.54. The lowest BCUT2D eigenvalue weighted by Gasteiger charge is -2.13. The zero-order chi connectivity index (χ0) is 13.1. The molecule has 5 nitrogen and oxygen atoms in total. The van der Waals surface area contributed by atoms with Crippen molar-refractivity contribution >= 4 is 5.91 Å². The van der Waals surface area contributed by atoms with Gasteiger partial charge in [-0.15, -0.1) is 0 Å². The third kappa shape index (κ3) is 11.6. The van der Waals surface area contributed by atoms with Gasteiger partial charge in [-0.25, -0.2) is 0 Å². The van der Waals surface area contributed by atoms with Gasteiger partial charge in [0.25, 0.3) is 0 Å². The molecule has 0 heterocycles. The van der Waals surface area contributed by atoms with Crippen molar-refractivity contribution in [1.29, 1.82) is 0 Å². The number of aliphatic hydroxyl groups is 1. The molecular weight excluding hydrogens is 220 g/mol. The van der Waals surface area contributed by atoms with E-state index in [0.29, 0.717) is 19.8 Å². The molecule has 0 radical (unpaired) electrons. The molecule has 0 bridgehead atoms. The molecule has 17 heavy (non-hydrogen) atoms. The molecule has 0 aromatic carbocycles. The number of nitrogens with one attached hydrogen (secondary N) is 2. The number of hydrogen-bond donors (Lipinski definition) is 3. The van der Waals surface area contributed by atoms with Crippen molar-refractivity contribution in [3.05, 3.63) is 0 Å². The maximum Gasteiger partial charge on any atom is 0.234 e. The lowest BCUT2D eigenvalue weighted by molar-refractivity contribution is -0.120. The molecule has 0 aliphatic heterocycles. The summed E-state index contributed by atoms with van der Waals surface area (Å²) in [6.45, 7) is 7.51. The van der Waals surface area contributed by atoms with Crippen LogP contribution in [0.3, 0.4) is 0 Å². The van der Waals surface area contributed by atoms with Gasteiger partial charge in [0.1, 0.15) is 0 Å². The fourth-order valence-electron chi connectivity index (χ4n) is 1.25. The number of unbranched alkanes of at least 4 members (excludes halogenated alkanes) is 1. The van der Waals surface area contributed by atoms with Crippen LogP contribution in [0.15, 0.2) is 0 Å². The Balaban J connectivity index is 3.38. The molecule has 0 fully saturated rings. The van der Waals surface area contributed by atoms with Crippen LogP contribution in [0.5, 0.6) is 0 Å². The highest BCUT2D eigenvalue weighted by Crippen LogP contribution is 1.90. The Labute approximate surface area is 104 Å². The van der Waals surface area contributed by atoms with E-state index in [2.05, 4.69) is 17.6 Å². The van der Waals surface area contributed by atoms with Gasteiger partial charge in [0.2, 0.25) is 5.91 Å². The second-order valence-corrected chi connectivity index (χ2v) is 4.44. The Morgan fingerprint density at radius 2 is 2.12 bits per heavy atom. The zero-order valence-corrected chi connectivity index (χ0v) is 11.2. The minimum absolute atomic E-state index is 0.0564. The van der Waals surface area contributed by atoms with Gasteiger partial charge in [0.15, 0.2) is 0 Å². The number of aliphatic hydroxyl groups excluding tert-OH is 1. The maximum atomic E-state index is 11.2. The number of hydrogen-bond acceptors (Lipinski definition) is 4. The van der Waals surface area contributed by atoms with E-state index in [1.807, 2.05) is 13.8 Å². The second kappa shape index (κ2) is 10.5. The van der Waals surface area contributed by atoms with E-state index in [1.165, 1.54) is 0 Å². The van der Waals surface area contributed by atoms with E-state index in [0.717, 1.165) is 12.8 Å². The average molecular weight is 246 g/mol. The Bertz CT molecular complexity index is 198. The first-order chi connectivity index (χ1) is 8.06. The molecule has 5 heteroatoms. The van der Waals surface area contributed by atoms with Crippen molar-refractivity contribution in [3.8, 4) is 0 Å². The van der Waals surface area contributed by atoms with Gasteiger partial charge < -0.3 is 20.5 Å². The number of rotatable bonds is 10. The summed E-state index contributed by atoms with van der Waals surface area (Å²) in [5.74, 6) is -0.0564. The Morgan fingerprint density at radius 1 is 1.41 bits per heavy atom. The molecule has 0 rings (SSSR count). The molecule has 0 aromatic heterocycles. The fraction of sp³-hybridized carbons (Fsp3) is 0.917. The Hall–Kier alpha value is -0.650. The lowest BCUT2D eigenvalue weighted by Crippen LogP contribution is -2.40. The van der Waals surface area contributed by atoms with Crippen molar-refractivity contribution < 1.29 is 14.6 Å². The molecule has 0 spiro atoms. The van der Waals surface area contributed by atoms with Crippen LogP contribution in [0.4, 0.5) is 0 Å². The quantitative estimate of drug-likeness (QED) is 0.484. The number of amides is 1. The van der Waals surface area contributed by atoms with E-state index in [1.54, 1.807) is 0 Å². The predicted octanol–water partition coefficient (Wildman–Crippen LogP) is 0.278. The predicted molar refractivity (Wildman–Crippen MR) is 67.9 cm³/mol. The van der Waals surface area contributed by atoms with Crippen molar-refractivity contribution in [1.82, 2.24) is 10.6 Å². The molecule has 102 valence electrons. The van der Waals surface area contributed by atoms with Gasteiger partial charge in [-0.3, -0.25) is 4.79 Å². The fourth-order valence-corrected chi connectivity index (χ4v) is 1.25. The lowest BCUT2D eigenvalue weighted by atomic mass is 10.3. The van der Waals surface area contributed by atoms with E-state index >= 15 is 0 Å². The van der Waals surface area contributed by atoms with Gasteiger partial charge in [0.05, 0.1) is 19.3 Å². The van der Waals surface area contributed by atoms with Crippen LogP contribution < -0.4 is 10.6 Å². The summed E-state index contributed by atoms with van der Waals surface area (Å²) in [6, 6.07) is 0.145. The van der Waals surface area contributed by atoms with Gasteiger partial charge in [0, 0.05) is 19.2 Å². The second-order valence-electron chi connectivity index (χ2n) is 4.44. The SMILES string of the molecule is CCCCOCC(O)CNCC(=O)NC(C)C. The standard InChI is InChI=1S/C12H26N2O3/c1-4-5-6-17-9-11(15)7-13-8-12(16)14-10(2)3/h10-11,13,15H,4-9H2,1-3H3,(H,14,16). The summed E-state index contributed by atoms with van der Waals surface area (Å²) in [4.78, 5) is 11.2. The monoisotopic (exact) mass is 246 g/mol. The molecule has 3 N–H and O–H groups in total. The van der Waals surface area contributed by atoms with Crippen LogP contribution in [0.1, 0.15) is 33.6 Å². The van der Waals surface area contributed by atoms with E-state index < -0.39 is 6.10 Å². The zero-order valence-electron chi connectivity index (χ0n) is 11.2.